The SMILES string of the molecule is CC1(C)c2ccccc2Sc2c(N(c3ccc(-c4ccccc4)cc3)c3cccc4c3Sc3ccccc3C4(C)C)cccc21. The molecule has 0 saturated heterocycles. The number of benzene rings is 6. The van der Waals surface area contributed by atoms with E-state index in [1.54, 1.807) is 0 Å². The lowest BCUT2D eigenvalue weighted by atomic mass is 9.77. The minimum absolute atomic E-state index is 0.109. The Morgan fingerprint density at radius 2 is 0.822 bits per heavy atom. The van der Waals surface area contributed by atoms with Gasteiger partial charge in [-0.1, -0.05) is 154 Å². The molecule has 0 saturated carbocycles. The summed E-state index contributed by atoms with van der Waals surface area (Å²) in [4.78, 5) is 7.83. The fraction of sp³-hybridized carbons (Fsp3) is 0.143. The first kappa shape index (κ1) is 28.3. The third-order valence-electron chi connectivity index (χ3n) is 9.59. The van der Waals surface area contributed by atoms with E-state index in [-0.39, 0.29) is 10.8 Å². The number of rotatable bonds is 4. The number of hydrogen-bond donors (Lipinski definition) is 0. The zero-order valence-corrected chi connectivity index (χ0v) is 27.7. The van der Waals surface area contributed by atoms with Gasteiger partial charge in [-0.05, 0) is 69.8 Å². The Balaban J connectivity index is 1.36. The average molecular weight is 618 g/mol. The van der Waals surface area contributed by atoms with Gasteiger partial charge < -0.3 is 4.90 Å². The van der Waals surface area contributed by atoms with Crippen molar-refractivity contribution in [3.8, 4) is 11.1 Å². The summed E-state index contributed by atoms with van der Waals surface area (Å²) in [5.41, 5.74) is 11.4. The highest BCUT2D eigenvalue weighted by Crippen LogP contribution is 2.57. The zero-order chi connectivity index (χ0) is 30.8. The van der Waals surface area contributed by atoms with Crippen LogP contribution in [0.5, 0.6) is 0 Å². The van der Waals surface area contributed by atoms with Crippen molar-refractivity contribution in [2.24, 2.45) is 0 Å². The molecule has 0 N–H and O–H groups in total. The van der Waals surface area contributed by atoms with Crippen LogP contribution in [0.15, 0.2) is 159 Å². The Bertz CT molecular complexity index is 1950. The Morgan fingerprint density at radius 3 is 1.33 bits per heavy atom. The van der Waals surface area contributed by atoms with E-state index in [1.807, 2.05) is 23.5 Å². The molecule has 3 heteroatoms. The van der Waals surface area contributed by atoms with E-state index >= 15 is 0 Å². The van der Waals surface area contributed by atoms with Crippen LogP contribution in [0, 0.1) is 0 Å². The maximum atomic E-state index is 2.51. The molecule has 6 aromatic carbocycles. The fourth-order valence-electron chi connectivity index (χ4n) is 7.10. The second-order valence-electron chi connectivity index (χ2n) is 13.0. The second kappa shape index (κ2) is 10.7. The van der Waals surface area contributed by atoms with Crippen molar-refractivity contribution >= 4 is 40.6 Å². The molecule has 6 aromatic rings. The molecule has 2 aliphatic heterocycles. The topological polar surface area (TPSA) is 3.24 Å². The summed E-state index contributed by atoms with van der Waals surface area (Å²) in [5.74, 6) is 0. The summed E-state index contributed by atoms with van der Waals surface area (Å²) in [6.07, 6.45) is 0. The van der Waals surface area contributed by atoms with Crippen LogP contribution in [0.4, 0.5) is 17.1 Å². The van der Waals surface area contributed by atoms with Gasteiger partial charge in [-0.3, -0.25) is 0 Å². The quantitative estimate of drug-likeness (QED) is 0.194. The van der Waals surface area contributed by atoms with Gasteiger partial charge in [0, 0.05) is 36.1 Å². The summed E-state index contributed by atoms with van der Waals surface area (Å²) in [7, 11) is 0. The lowest BCUT2D eigenvalue weighted by Crippen LogP contribution is -2.26. The standard InChI is InChI=1S/C42H35NS2/c1-41(2)31-16-8-10-22-37(31)44-39-33(41)18-12-20-35(39)43(30-26-24-29(25-27-30)28-14-6-5-7-15-28)36-21-13-19-34-40(36)45-38-23-11-9-17-32(38)42(34,3)4/h5-27H,1-4H3. The van der Waals surface area contributed by atoms with Gasteiger partial charge in [0.15, 0.2) is 0 Å². The maximum Gasteiger partial charge on any atom is 0.0604 e. The highest BCUT2D eigenvalue weighted by Gasteiger charge is 2.38. The average Bonchev–Trinajstić information content (AvgIpc) is 3.06. The summed E-state index contributed by atoms with van der Waals surface area (Å²) in [5, 5.41) is 0. The van der Waals surface area contributed by atoms with Crippen molar-refractivity contribution in [2.75, 3.05) is 4.90 Å². The Morgan fingerprint density at radius 1 is 0.400 bits per heavy atom. The van der Waals surface area contributed by atoms with Crippen LogP contribution in [-0.4, -0.2) is 0 Å². The van der Waals surface area contributed by atoms with E-state index in [2.05, 4.69) is 172 Å². The highest BCUT2D eigenvalue weighted by atomic mass is 32.2. The molecule has 0 amide bonds. The predicted molar refractivity (Wildman–Crippen MR) is 192 cm³/mol. The van der Waals surface area contributed by atoms with Gasteiger partial charge in [-0.15, -0.1) is 0 Å². The zero-order valence-electron chi connectivity index (χ0n) is 26.0. The molecule has 2 aliphatic rings. The largest absolute Gasteiger partial charge is 0.308 e. The van der Waals surface area contributed by atoms with E-state index in [9.17, 15) is 0 Å². The van der Waals surface area contributed by atoms with Gasteiger partial charge >= 0.3 is 0 Å². The summed E-state index contributed by atoms with van der Waals surface area (Å²) in [6.45, 7) is 9.47. The molecule has 0 aliphatic carbocycles. The van der Waals surface area contributed by atoms with E-state index in [1.165, 1.54) is 64.3 Å². The molecule has 45 heavy (non-hydrogen) atoms. The van der Waals surface area contributed by atoms with Crippen molar-refractivity contribution in [1.29, 1.82) is 0 Å². The normalized spacial score (nSPS) is 15.3. The van der Waals surface area contributed by atoms with Crippen LogP contribution in [0.25, 0.3) is 11.1 Å². The first-order valence-electron chi connectivity index (χ1n) is 15.6. The first-order valence-corrected chi connectivity index (χ1v) is 17.2. The third-order valence-corrected chi connectivity index (χ3v) is 12.0. The van der Waals surface area contributed by atoms with Crippen molar-refractivity contribution in [1.82, 2.24) is 0 Å². The van der Waals surface area contributed by atoms with Gasteiger partial charge in [0.25, 0.3) is 0 Å². The molecule has 0 bridgehead atoms. The van der Waals surface area contributed by atoms with Crippen LogP contribution >= 0.6 is 23.5 Å². The number of nitrogens with zero attached hydrogens (tertiary/aromatic N) is 1. The number of fused-ring (bicyclic) bond motifs is 4. The molecule has 0 atom stereocenters. The van der Waals surface area contributed by atoms with E-state index in [0.29, 0.717) is 0 Å². The van der Waals surface area contributed by atoms with Crippen molar-refractivity contribution in [3.63, 3.8) is 0 Å². The van der Waals surface area contributed by atoms with Crippen molar-refractivity contribution in [2.45, 2.75) is 58.1 Å². The van der Waals surface area contributed by atoms with Gasteiger partial charge in [0.2, 0.25) is 0 Å². The molecule has 220 valence electrons. The maximum absolute atomic E-state index is 2.51. The molecule has 0 aromatic heterocycles. The molecule has 2 heterocycles. The van der Waals surface area contributed by atoms with E-state index < -0.39 is 0 Å². The minimum atomic E-state index is -0.109. The molecular weight excluding hydrogens is 583 g/mol. The van der Waals surface area contributed by atoms with Gasteiger partial charge in [0.1, 0.15) is 0 Å². The molecule has 0 unspecified atom stereocenters. The number of hydrogen-bond acceptors (Lipinski definition) is 3. The van der Waals surface area contributed by atoms with Crippen molar-refractivity contribution in [3.05, 3.63) is 162 Å². The van der Waals surface area contributed by atoms with Crippen LogP contribution in [0.2, 0.25) is 0 Å². The van der Waals surface area contributed by atoms with Crippen LogP contribution in [-0.2, 0) is 10.8 Å². The van der Waals surface area contributed by atoms with Crippen LogP contribution < -0.4 is 4.90 Å². The highest BCUT2D eigenvalue weighted by molar-refractivity contribution is 8.00. The number of anilines is 3. The Labute approximate surface area is 275 Å². The molecule has 0 fully saturated rings. The monoisotopic (exact) mass is 617 g/mol. The molecule has 0 radical (unpaired) electrons. The third kappa shape index (κ3) is 4.56. The first-order chi connectivity index (χ1) is 21.8. The molecule has 1 nitrogen and oxygen atoms in total. The minimum Gasteiger partial charge on any atom is -0.308 e. The van der Waals surface area contributed by atoms with Gasteiger partial charge in [0.05, 0.1) is 11.4 Å². The molecule has 0 spiro atoms. The Kier molecular flexibility index (Phi) is 6.74. The molecular formula is C42H35NS2. The summed E-state index contributed by atoms with van der Waals surface area (Å²) < 4.78 is 0. The van der Waals surface area contributed by atoms with E-state index in [4.69, 9.17) is 0 Å². The second-order valence-corrected chi connectivity index (χ2v) is 15.1. The molecule has 8 rings (SSSR count). The summed E-state index contributed by atoms with van der Waals surface area (Å²) >= 11 is 3.81. The Hall–Kier alpha value is -4.18. The van der Waals surface area contributed by atoms with Gasteiger partial charge in [-0.2, -0.15) is 0 Å². The van der Waals surface area contributed by atoms with Crippen molar-refractivity contribution < 1.29 is 0 Å². The lowest BCUT2D eigenvalue weighted by molar-refractivity contribution is 0.606. The fourth-order valence-corrected chi connectivity index (χ4v) is 10.1. The van der Waals surface area contributed by atoms with Gasteiger partial charge in [-0.25, -0.2) is 0 Å². The van der Waals surface area contributed by atoms with Crippen LogP contribution in [0.1, 0.15) is 49.9 Å². The smallest absolute Gasteiger partial charge is 0.0604 e. The van der Waals surface area contributed by atoms with Crippen LogP contribution in [0.3, 0.4) is 0 Å². The predicted octanol–water partition coefficient (Wildman–Crippen LogP) is 12.4. The summed E-state index contributed by atoms with van der Waals surface area (Å²) in [6, 6.07) is 51.4. The lowest BCUT2D eigenvalue weighted by Gasteiger charge is -2.40. The van der Waals surface area contributed by atoms with E-state index in [0.717, 1.165) is 5.69 Å².